The summed E-state index contributed by atoms with van der Waals surface area (Å²) in [5.41, 5.74) is -0.177. The zero-order valence-electron chi connectivity index (χ0n) is 11.3. The maximum Gasteiger partial charge on any atom is 0.350 e. The average Bonchev–Trinajstić information content (AvgIpc) is 2.36. The minimum Gasteiger partial charge on any atom is -0.419 e. The quantitative estimate of drug-likeness (QED) is 0.512. The van der Waals surface area contributed by atoms with Gasteiger partial charge in [-0.2, -0.15) is 0 Å². The first-order valence-corrected chi connectivity index (χ1v) is 6.40. The van der Waals surface area contributed by atoms with Crippen molar-refractivity contribution in [2.45, 2.75) is 19.6 Å². The number of benzene rings is 1. The Morgan fingerprint density at radius 2 is 1.76 bits per heavy atom. The van der Waals surface area contributed by atoms with E-state index in [1.165, 1.54) is 19.9 Å². The maximum absolute atomic E-state index is 11.9. The molecule has 1 amide bonds. The fourth-order valence-electron chi connectivity index (χ4n) is 1.64. The molecule has 1 aromatic rings. The Balaban J connectivity index is 2.15. The lowest BCUT2D eigenvalue weighted by atomic mass is 10.2. The standard InChI is InChI=1S/C14H12ClNO5/c1-14(2)20-12(18)9(13(19)21-14)7-16-11(17)8-5-3-4-6-10(8)15/h3-7H,1-2H3,(H,16,17). The van der Waals surface area contributed by atoms with Gasteiger partial charge in [-0.25, -0.2) is 9.59 Å². The first-order valence-electron chi connectivity index (χ1n) is 6.02. The number of nitrogens with one attached hydrogen (secondary N) is 1. The molecule has 0 aliphatic carbocycles. The molecule has 21 heavy (non-hydrogen) atoms. The van der Waals surface area contributed by atoms with E-state index in [1.807, 2.05) is 0 Å². The van der Waals surface area contributed by atoms with Crippen LogP contribution >= 0.6 is 11.6 Å². The summed E-state index contributed by atoms with van der Waals surface area (Å²) in [5.74, 6) is -3.61. The molecule has 0 aromatic heterocycles. The number of cyclic esters (lactones) is 2. The smallest absolute Gasteiger partial charge is 0.350 e. The highest BCUT2D eigenvalue weighted by Crippen LogP contribution is 2.22. The lowest BCUT2D eigenvalue weighted by molar-refractivity contribution is -0.222. The van der Waals surface area contributed by atoms with E-state index in [9.17, 15) is 14.4 Å². The second-order valence-electron chi connectivity index (χ2n) is 4.69. The van der Waals surface area contributed by atoms with Gasteiger partial charge in [0.1, 0.15) is 0 Å². The van der Waals surface area contributed by atoms with Crippen LogP contribution in [-0.2, 0) is 19.1 Å². The summed E-state index contributed by atoms with van der Waals surface area (Å²) >= 11 is 5.87. The molecule has 7 heteroatoms. The number of halogens is 1. The Morgan fingerprint density at radius 3 is 2.33 bits per heavy atom. The van der Waals surface area contributed by atoms with Crippen LogP contribution in [0, 0.1) is 0 Å². The molecule has 0 spiro atoms. The van der Waals surface area contributed by atoms with Crippen LogP contribution < -0.4 is 5.32 Å². The minimum absolute atomic E-state index is 0.217. The van der Waals surface area contributed by atoms with Gasteiger partial charge in [-0.05, 0) is 12.1 Å². The van der Waals surface area contributed by atoms with Crippen LogP contribution in [-0.4, -0.2) is 23.6 Å². The summed E-state index contributed by atoms with van der Waals surface area (Å²) in [6.07, 6.45) is 0.950. The second kappa shape index (κ2) is 5.57. The van der Waals surface area contributed by atoms with Gasteiger partial charge in [0.25, 0.3) is 11.7 Å². The molecule has 0 bridgehead atoms. The molecule has 2 rings (SSSR count). The molecule has 1 aromatic carbocycles. The first-order chi connectivity index (χ1) is 9.80. The topological polar surface area (TPSA) is 81.7 Å². The van der Waals surface area contributed by atoms with E-state index in [0.29, 0.717) is 0 Å². The van der Waals surface area contributed by atoms with Crippen LogP contribution in [0.15, 0.2) is 36.0 Å². The van der Waals surface area contributed by atoms with E-state index >= 15 is 0 Å². The van der Waals surface area contributed by atoms with Crippen molar-refractivity contribution in [3.8, 4) is 0 Å². The van der Waals surface area contributed by atoms with Crippen molar-refractivity contribution in [2.24, 2.45) is 0 Å². The van der Waals surface area contributed by atoms with Gasteiger partial charge in [0.15, 0.2) is 5.57 Å². The van der Waals surface area contributed by atoms with Gasteiger partial charge in [0.05, 0.1) is 10.6 Å². The van der Waals surface area contributed by atoms with E-state index < -0.39 is 29.2 Å². The molecule has 110 valence electrons. The predicted octanol–water partition coefficient (Wildman–Crippen LogP) is 1.79. The third kappa shape index (κ3) is 3.41. The normalized spacial score (nSPS) is 16.8. The molecule has 0 radical (unpaired) electrons. The highest BCUT2D eigenvalue weighted by atomic mass is 35.5. The first kappa shape index (κ1) is 15.1. The Morgan fingerprint density at radius 1 is 1.19 bits per heavy atom. The number of ether oxygens (including phenoxy) is 2. The molecule has 6 nitrogen and oxygen atoms in total. The zero-order valence-corrected chi connectivity index (χ0v) is 12.1. The molecule has 1 heterocycles. The lowest BCUT2D eigenvalue weighted by Crippen LogP contribution is -2.42. The Hall–Kier alpha value is -2.34. The number of hydrogen-bond donors (Lipinski definition) is 1. The molecule has 1 aliphatic rings. The molecule has 1 N–H and O–H groups in total. The van der Waals surface area contributed by atoms with E-state index in [1.54, 1.807) is 18.2 Å². The van der Waals surface area contributed by atoms with Gasteiger partial charge in [0, 0.05) is 20.0 Å². The fourth-order valence-corrected chi connectivity index (χ4v) is 1.86. The van der Waals surface area contributed by atoms with Crippen molar-refractivity contribution in [1.82, 2.24) is 5.32 Å². The Bertz CT molecular complexity index is 629. The van der Waals surface area contributed by atoms with Crippen LogP contribution in [0.3, 0.4) is 0 Å². The third-order valence-corrected chi connectivity index (χ3v) is 2.91. The maximum atomic E-state index is 11.9. The molecule has 0 unspecified atom stereocenters. The van der Waals surface area contributed by atoms with Crippen molar-refractivity contribution in [1.29, 1.82) is 0 Å². The predicted molar refractivity (Wildman–Crippen MR) is 73.3 cm³/mol. The number of hydrogen-bond acceptors (Lipinski definition) is 5. The largest absolute Gasteiger partial charge is 0.419 e. The van der Waals surface area contributed by atoms with E-state index in [-0.39, 0.29) is 10.6 Å². The van der Waals surface area contributed by atoms with Crippen LogP contribution in [0.2, 0.25) is 5.02 Å². The summed E-state index contributed by atoms with van der Waals surface area (Å²) in [7, 11) is 0. The SMILES string of the molecule is CC1(C)OC(=O)C(=CNC(=O)c2ccccc2Cl)C(=O)O1. The Kier molecular flexibility index (Phi) is 3.99. The highest BCUT2D eigenvalue weighted by molar-refractivity contribution is 6.33. The van der Waals surface area contributed by atoms with Crippen LogP contribution in [0.5, 0.6) is 0 Å². The van der Waals surface area contributed by atoms with Gasteiger partial charge >= 0.3 is 11.9 Å². The van der Waals surface area contributed by atoms with Crippen LogP contribution in [0.25, 0.3) is 0 Å². The zero-order chi connectivity index (χ0) is 15.6. The summed E-state index contributed by atoms with van der Waals surface area (Å²) in [6.45, 7) is 2.86. The fraction of sp³-hybridized carbons (Fsp3) is 0.214. The summed E-state index contributed by atoms with van der Waals surface area (Å²) in [6, 6.07) is 6.38. The van der Waals surface area contributed by atoms with Crippen molar-refractivity contribution in [3.63, 3.8) is 0 Å². The van der Waals surface area contributed by atoms with Crippen molar-refractivity contribution >= 4 is 29.4 Å². The molecule has 0 atom stereocenters. The Labute approximate surface area is 125 Å². The van der Waals surface area contributed by atoms with Crippen LogP contribution in [0.4, 0.5) is 0 Å². The van der Waals surface area contributed by atoms with E-state index in [4.69, 9.17) is 21.1 Å². The van der Waals surface area contributed by atoms with Gasteiger partial charge in [0.2, 0.25) is 0 Å². The van der Waals surface area contributed by atoms with Crippen molar-refractivity contribution in [3.05, 3.63) is 46.6 Å². The number of amides is 1. The van der Waals surface area contributed by atoms with Gasteiger partial charge in [-0.15, -0.1) is 0 Å². The molecular weight excluding hydrogens is 298 g/mol. The second-order valence-corrected chi connectivity index (χ2v) is 5.10. The third-order valence-electron chi connectivity index (χ3n) is 2.58. The summed E-state index contributed by atoms with van der Waals surface area (Å²) < 4.78 is 9.78. The number of esters is 2. The lowest BCUT2D eigenvalue weighted by Gasteiger charge is -2.29. The molecule has 1 saturated heterocycles. The molecule has 1 fully saturated rings. The molecular formula is C14H12ClNO5. The van der Waals surface area contributed by atoms with Gasteiger partial charge in [-0.1, -0.05) is 23.7 Å². The van der Waals surface area contributed by atoms with Gasteiger partial charge < -0.3 is 14.8 Å². The molecule has 0 saturated carbocycles. The van der Waals surface area contributed by atoms with Crippen LogP contribution in [0.1, 0.15) is 24.2 Å². The monoisotopic (exact) mass is 309 g/mol. The number of carbonyl (C=O) groups excluding carboxylic acids is 3. The van der Waals surface area contributed by atoms with Gasteiger partial charge in [-0.3, -0.25) is 4.79 Å². The number of rotatable bonds is 2. The summed E-state index contributed by atoms with van der Waals surface area (Å²) in [5, 5.41) is 2.56. The number of carbonyl (C=O) groups is 3. The molecule has 1 aliphatic heterocycles. The minimum atomic E-state index is -1.32. The summed E-state index contributed by atoms with van der Waals surface area (Å²) in [4.78, 5) is 35.2. The highest BCUT2D eigenvalue weighted by Gasteiger charge is 2.39. The van der Waals surface area contributed by atoms with Crippen molar-refractivity contribution < 1.29 is 23.9 Å². The van der Waals surface area contributed by atoms with E-state index in [2.05, 4.69) is 5.32 Å². The van der Waals surface area contributed by atoms with Crippen molar-refractivity contribution in [2.75, 3.05) is 0 Å². The average molecular weight is 310 g/mol. The van der Waals surface area contributed by atoms with E-state index in [0.717, 1.165) is 6.20 Å².